The molecule has 2 aromatic carbocycles. The lowest BCUT2D eigenvalue weighted by molar-refractivity contribution is -0.384. The normalized spacial score (nSPS) is 26.1. The molecule has 9 nitrogen and oxygen atoms in total. The number of fused-ring (bicyclic) bond motifs is 3. The van der Waals surface area contributed by atoms with Gasteiger partial charge in [-0.2, -0.15) is 0 Å². The van der Waals surface area contributed by atoms with E-state index in [1.165, 1.54) is 30.7 Å². The molecule has 12 heteroatoms. The summed E-state index contributed by atoms with van der Waals surface area (Å²) in [7, 11) is 0. The minimum atomic E-state index is -4.74. The summed E-state index contributed by atoms with van der Waals surface area (Å²) in [5, 5.41) is 18.5. The number of piperidine rings is 2. The molecule has 0 amide bonds. The van der Waals surface area contributed by atoms with Gasteiger partial charge in [-0.1, -0.05) is 12.8 Å². The molecule has 1 aromatic heterocycles. The zero-order chi connectivity index (χ0) is 28.6. The maximum atomic E-state index is 12.5. The minimum Gasteiger partial charge on any atom is -0.424 e. The number of nitrogens with zero attached hydrogens (tertiary/aromatic N) is 3. The van der Waals surface area contributed by atoms with Crippen molar-refractivity contribution in [3.8, 4) is 17.1 Å². The number of anilines is 2. The molecule has 0 radical (unpaired) electrons. The van der Waals surface area contributed by atoms with Gasteiger partial charge in [0, 0.05) is 54.1 Å². The molecule has 0 spiro atoms. The highest BCUT2D eigenvalue weighted by Crippen LogP contribution is 2.39. The third-order valence-corrected chi connectivity index (χ3v) is 8.55. The average Bonchev–Trinajstić information content (AvgIpc) is 3.42. The molecular weight excluding hydrogens is 539 g/mol. The molecule has 5 atom stereocenters. The van der Waals surface area contributed by atoms with Gasteiger partial charge in [-0.15, -0.1) is 13.2 Å². The van der Waals surface area contributed by atoms with Crippen molar-refractivity contribution < 1.29 is 27.2 Å². The van der Waals surface area contributed by atoms with Gasteiger partial charge in [-0.25, -0.2) is 4.98 Å². The molecule has 4 aliphatic rings. The van der Waals surface area contributed by atoms with Gasteiger partial charge in [0.1, 0.15) is 5.75 Å². The zero-order valence-electron chi connectivity index (χ0n) is 22.3. The first-order valence-electron chi connectivity index (χ1n) is 14.1. The van der Waals surface area contributed by atoms with Crippen molar-refractivity contribution in [1.82, 2.24) is 10.3 Å². The Morgan fingerprint density at radius 3 is 2.39 bits per heavy atom. The Morgan fingerprint density at radius 2 is 1.71 bits per heavy atom. The molecule has 7 rings (SSSR count). The smallest absolute Gasteiger partial charge is 0.424 e. The Morgan fingerprint density at radius 1 is 0.976 bits per heavy atom. The number of nitro benzene ring substituents is 1. The van der Waals surface area contributed by atoms with Crippen molar-refractivity contribution in [3.63, 3.8) is 0 Å². The van der Waals surface area contributed by atoms with Gasteiger partial charge in [0.25, 0.3) is 11.7 Å². The van der Waals surface area contributed by atoms with Crippen molar-refractivity contribution in [2.45, 2.75) is 75.5 Å². The van der Waals surface area contributed by atoms with E-state index in [9.17, 15) is 23.3 Å². The lowest BCUT2D eigenvalue weighted by atomic mass is 9.75. The van der Waals surface area contributed by atoms with Gasteiger partial charge in [0.05, 0.1) is 11.1 Å². The minimum absolute atomic E-state index is 0.101. The number of ether oxygens (including phenoxy) is 1. The first-order chi connectivity index (χ1) is 19.7. The molecule has 2 unspecified atom stereocenters. The van der Waals surface area contributed by atoms with E-state index in [1.54, 1.807) is 18.3 Å². The van der Waals surface area contributed by atoms with Crippen LogP contribution in [0.2, 0.25) is 0 Å². The number of oxazole rings is 1. The largest absolute Gasteiger partial charge is 0.573 e. The molecule has 2 aliphatic heterocycles. The molecule has 41 heavy (non-hydrogen) atoms. The third-order valence-electron chi connectivity index (χ3n) is 8.55. The van der Waals surface area contributed by atoms with Crippen molar-refractivity contribution in [2.24, 2.45) is 5.92 Å². The Bertz CT molecular complexity index is 1350. The van der Waals surface area contributed by atoms with Crippen LogP contribution in [0.3, 0.4) is 0 Å². The maximum Gasteiger partial charge on any atom is 0.573 e. The van der Waals surface area contributed by atoms with E-state index in [2.05, 4.69) is 25.3 Å². The van der Waals surface area contributed by atoms with Gasteiger partial charge in [-0.05, 0) is 74.4 Å². The van der Waals surface area contributed by atoms with E-state index in [4.69, 9.17) is 4.42 Å². The molecule has 3 aromatic rings. The van der Waals surface area contributed by atoms with E-state index < -0.39 is 6.36 Å². The van der Waals surface area contributed by atoms with Crippen LogP contribution < -0.4 is 20.3 Å². The quantitative estimate of drug-likeness (QED) is 0.233. The maximum absolute atomic E-state index is 12.5. The van der Waals surface area contributed by atoms with Crippen LogP contribution >= 0.6 is 0 Å². The molecule has 3 heterocycles. The Hall–Kier alpha value is -3.80. The highest BCUT2D eigenvalue weighted by molar-refractivity contribution is 5.58. The van der Waals surface area contributed by atoms with Crippen molar-refractivity contribution in [3.05, 3.63) is 64.8 Å². The number of rotatable bonds is 8. The first-order valence-corrected chi connectivity index (χ1v) is 14.1. The number of nitrogens with one attached hydrogen (secondary N) is 2. The molecule has 4 fully saturated rings. The third kappa shape index (κ3) is 6.27. The van der Waals surface area contributed by atoms with Crippen LogP contribution in [-0.2, 0) is 0 Å². The van der Waals surface area contributed by atoms with Crippen LogP contribution in [0.15, 0.2) is 59.1 Å². The fourth-order valence-corrected chi connectivity index (χ4v) is 6.67. The van der Waals surface area contributed by atoms with Crippen LogP contribution in [-0.4, -0.2) is 47.0 Å². The number of hydrogen-bond donors (Lipinski definition) is 2. The Balaban J connectivity index is 1.11. The molecule has 2 N–H and O–H groups in total. The average molecular weight is 572 g/mol. The van der Waals surface area contributed by atoms with Gasteiger partial charge in [-0.3, -0.25) is 10.1 Å². The highest BCUT2D eigenvalue weighted by Gasteiger charge is 2.42. The van der Waals surface area contributed by atoms with Crippen molar-refractivity contribution >= 4 is 17.4 Å². The number of halogens is 3. The van der Waals surface area contributed by atoms with Gasteiger partial charge < -0.3 is 24.7 Å². The SMILES string of the molecule is O=[N+]([O-])c1ccc(N2CC3CCC2[C@@H](N[C@@H]2CCCC[C@H]2Nc2ncc(-c4ccc(OC(F)(F)F)cc4)o2)C3)cc1. The fraction of sp³-hybridized carbons (Fsp3) is 0.483. The van der Waals surface area contributed by atoms with Crippen LogP contribution in [0.1, 0.15) is 44.9 Å². The molecule has 2 aliphatic carbocycles. The molecule has 2 saturated carbocycles. The molecule has 2 bridgehead atoms. The van der Waals surface area contributed by atoms with Gasteiger partial charge >= 0.3 is 6.36 Å². The zero-order valence-corrected chi connectivity index (χ0v) is 22.3. The predicted octanol–water partition coefficient (Wildman–Crippen LogP) is 6.52. The predicted molar refractivity (Wildman–Crippen MR) is 147 cm³/mol. The molecular formula is C29H32F3N5O4. The number of hydrogen-bond acceptors (Lipinski definition) is 8. The lowest BCUT2D eigenvalue weighted by Gasteiger charge is -2.52. The topological polar surface area (TPSA) is 106 Å². The summed E-state index contributed by atoms with van der Waals surface area (Å²) in [4.78, 5) is 17.5. The number of benzene rings is 2. The number of nitro groups is 1. The summed E-state index contributed by atoms with van der Waals surface area (Å²) >= 11 is 0. The number of aromatic nitrogens is 1. The van der Waals surface area contributed by atoms with Gasteiger partial charge in [0.2, 0.25) is 0 Å². The summed E-state index contributed by atoms with van der Waals surface area (Å²) in [5.74, 6) is 0.735. The van der Waals surface area contributed by atoms with E-state index in [0.717, 1.165) is 50.8 Å². The van der Waals surface area contributed by atoms with Crippen molar-refractivity contribution in [2.75, 3.05) is 16.8 Å². The summed E-state index contributed by atoms with van der Waals surface area (Å²) in [5.41, 5.74) is 1.73. The van der Waals surface area contributed by atoms with Crippen LogP contribution in [0.4, 0.5) is 30.6 Å². The molecule has 218 valence electrons. The van der Waals surface area contributed by atoms with Crippen LogP contribution in [0.25, 0.3) is 11.3 Å². The van der Waals surface area contributed by atoms with E-state index in [0.29, 0.717) is 35.3 Å². The van der Waals surface area contributed by atoms with Crippen LogP contribution in [0, 0.1) is 16.0 Å². The highest BCUT2D eigenvalue weighted by atomic mass is 19.4. The van der Waals surface area contributed by atoms with E-state index in [-0.39, 0.29) is 28.4 Å². The summed E-state index contributed by atoms with van der Waals surface area (Å²) in [6, 6.07) is 13.7. The fourth-order valence-electron chi connectivity index (χ4n) is 6.67. The lowest BCUT2D eigenvalue weighted by Crippen LogP contribution is -2.63. The second kappa shape index (κ2) is 11.2. The van der Waals surface area contributed by atoms with Crippen molar-refractivity contribution in [1.29, 1.82) is 0 Å². The standard InChI is InChI=1S/C29H32F3N5O4/c30-29(31,32)41-22-12-6-19(7-13-22)27-16-33-28(40-27)35-24-4-2-1-3-23(24)34-25-15-18-5-14-26(25)36(17-18)20-8-10-21(11-9-20)37(38)39/h6-13,16,18,23-26,34H,1-5,14-15,17H2,(H,33,35)/t18?,23-,24-,25+,26?/m1/s1. The van der Waals surface area contributed by atoms with Crippen LogP contribution in [0.5, 0.6) is 5.75 Å². The summed E-state index contributed by atoms with van der Waals surface area (Å²) < 4.78 is 47.3. The number of alkyl halides is 3. The van der Waals surface area contributed by atoms with E-state index in [1.807, 2.05) is 12.1 Å². The van der Waals surface area contributed by atoms with E-state index >= 15 is 0 Å². The summed E-state index contributed by atoms with van der Waals surface area (Å²) in [6.07, 6.45) is 4.42. The second-order valence-corrected chi connectivity index (χ2v) is 11.2. The monoisotopic (exact) mass is 571 g/mol. The summed E-state index contributed by atoms with van der Waals surface area (Å²) in [6.45, 7) is 0.968. The molecule has 2 saturated heterocycles. The number of non-ortho nitro benzene ring substituents is 1. The Kier molecular flexibility index (Phi) is 7.50. The second-order valence-electron chi connectivity index (χ2n) is 11.2. The first kappa shape index (κ1) is 27.4. The Labute approximate surface area is 235 Å². The van der Waals surface area contributed by atoms with Gasteiger partial charge in [0.15, 0.2) is 5.76 Å².